The number of para-hydroxylation sites is 8. The van der Waals surface area contributed by atoms with E-state index < -0.39 is 0 Å². The van der Waals surface area contributed by atoms with Gasteiger partial charge >= 0.3 is 0 Å². The Labute approximate surface area is 371 Å². The quantitative estimate of drug-likeness (QED) is 0.174. The minimum Gasteiger partial charge on any atom is -0.455 e. The van der Waals surface area contributed by atoms with Crippen molar-refractivity contribution in [1.82, 2.24) is 23.7 Å². The molecular formula is C58H35N5O. The van der Waals surface area contributed by atoms with Gasteiger partial charge in [0.15, 0.2) is 5.82 Å². The van der Waals surface area contributed by atoms with E-state index in [1.165, 1.54) is 0 Å². The third kappa shape index (κ3) is 4.90. The third-order valence-corrected chi connectivity index (χ3v) is 12.8. The van der Waals surface area contributed by atoms with Crippen LogP contribution < -0.4 is 0 Å². The molecule has 0 aliphatic heterocycles. The molecule has 9 aromatic carbocycles. The van der Waals surface area contributed by atoms with Gasteiger partial charge in [-0.15, -0.1) is 0 Å². The molecule has 14 rings (SSSR count). The number of furan rings is 1. The molecule has 0 amide bonds. The van der Waals surface area contributed by atoms with Crippen molar-refractivity contribution >= 4 is 87.4 Å². The Morgan fingerprint density at radius 3 is 1.44 bits per heavy atom. The van der Waals surface area contributed by atoms with Gasteiger partial charge in [0.05, 0.1) is 49.8 Å². The fourth-order valence-electron chi connectivity index (χ4n) is 10.2. The first-order chi connectivity index (χ1) is 33.4. The molecule has 298 valence electrons. The summed E-state index contributed by atoms with van der Waals surface area (Å²) in [6.45, 7) is 0. The van der Waals surface area contributed by atoms with Gasteiger partial charge in [0.2, 0.25) is 0 Å². The predicted octanol–water partition coefficient (Wildman–Crippen LogP) is 15.0. The second-order valence-electron chi connectivity index (χ2n) is 16.2. The van der Waals surface area contributed by atoms with Gasteiger partial charge in [-0.05, 0) is 54.1 Å². The van der Waals surface area contributed by atoms with Crippen LogP contribution in [0.25, 0.3) is 127 Å². The molecule has 0 fully saturated rings. The molecule has 64 heavy (non-hydrogen) atoms. The molecule has 14 aromatic rings. The van der Waals surface area contributed by atoms with Crippen LogP contribution in [0.2, 0.25) is 0 Å². The van der Waals surface area contributed by atoms with Crippen molar-refractivity contribution < 1.29 is 9.90 Å². The van der Waals surface area contributed by atoms with Crippen LogP contribution in [0, 0.1) is 0 Å². The summed E-state index contributed by atoms with van der Waals surface area (Å²) < 4.78 is 49.5. The average Bonchev–Trinajstić information content (AvgIpc) is 4.14. The maximum absolute atomic E-state index is 9.45. The molecule has 6 heteroatoms. The predicted molar refractivity (Wildman–Crippen MR) is 263 cm³/mol. The molecular weight excluding hydrogens is 783 g/mol. The van der Waals surface area contributed by atoms with Crippen LogP contribution in [0.5, 0.6) is 0 Å². The van der Waals surface area contributed by atoms with Crippen LogP contribution in [0.1, 0.15) is 5.48 Å². The molecule has 0 bridgehead atoms. The molecule has 0 spiro atoms. The lowest BCUT2D eigenvalue weighted by atomic mass is 9.95. The van der Waals surface area contributed by atoms with Gasteiger partial charge < -0.3 is 8.98 Å². The summed E-state index contributed by atoms with van der Waals surface area (Å²) in [5, 5.41) is 7.48. The molecule has 0 aliphatic rings. The van der Waals surface area contributed by atoms with Gasteiger partial charge in [-0.1, -0.05) is 158 Å². The van der Waals surface area contributed by atoms with E-state index in [1.54, 1.807) is 0 Å². The van der Waals surface area contributed by atoms with Crippen molar-refractivity contribution in [2.45, 2.75) is 0 Å². The number of rotatable bonds is 5. The summed E-state index contributed by atoms with van der Waals surface area (Å²) in [6.07, 6.45) is 0. The van der Waals surface area contributed by atoms with E-state index in [0.29, 0.717) is 39.3 Å². The van der Waals surface area contributed by atoms with Crippen molar-refractivity contribution in [2.24, 2.45) is 0 Å². The Bertz CT molecular complexity index is 4360. The van der Waals surface area contributed by atoms with Gasteiger partial charge in [0.1, 0.15) is 22.8 Å². The minimum absolute atomic E-state index is 0.106. The highest BCUT2D eigenvalue weighted by atomic mass is 16.3. The standard InChI is InChI=1S/C58H35N5O/c1-8-27-46-36(17-1)37-18-2-9-28-47(37)61(46)52-33-16-24-43(45-26-15-25-44-42-23-7-14-34-53(42)64-57(44)45)56(52)58-59-54(62-48-29-10-3-19-38(48)39-20-4-11-30-49(39)62)35-55(60-58)63-50-31-12-5-21-40(50)41-22-6-13-32-51(41)63/h1-35H/i3D,10D,19D,29D. The van der Waals surface area contributed by atoms with Crippen LogP contribution in [0.4, 0.5) is 0 Å². The van der Waals surface area contributed by atoms with E-state index in [2.05, 4.69) is 124 Å². The molecule has 0 N–H and O–H groups in total. The lowest BCUT2D eigenvalue weighted by molar-refractivity contribution is 0.670. The highest BCUT2D eigenvalue weighted by Gasteiger charge is 2.26. The summed E-state index contributed by atoms with van der Waals surface area (Å²) in [7, 11) is 0. The summed E-state index contributed by atoms with van der Waals surface area (Å²) in [4.78, 5) is 11.3. The van der Waals surface area contributed by atoms with Gasteiger partial charge in [0, 0.05) is 54.7 Å². The van der Waals surface area contributed by atoms with E-state index in [-0.39, 0.29) is 24.2 Å². The summed E-state index contributed by atoms with van der Waals surface area (Å²) in [6, 6.07) is 63.0. The SMILES string of the molecule is [2H]c1c([2H])c([2H])c2c(c1[2H])c1ccccc1n2-c1cc(-n2c3ccccc3c3ccccc32)nc(-c2c(-c3cccc4c3oc3ccccc34)cccc2-n2c3ccccc3c3ccccc32)n1. The number of hydrogen-bond acceptors (Lipinski definition) is 3. The van der Waals surface area contributed by atoms with Crippen molar-refractivity contribution in [2.75, 3.05) is 0 Å². The number of benzene rings is 9. The largest absolute Gasteiger partial charge is 0.455 e. The molecule has 0 saturated heterocycles. The maximum Gasteiger partial charge on any atom is 0.166 e. The average molecular weight is 822 g/mol. The molecule has 0 radical (unpaired) electrons. The van der Waals surface area contributed by atoms with Crippen LogP contribution in [0.15, 0.2) is 217 Å². The van der Waals surface area contributed by atoms with Crippen LogP contribution in [0.3, 0.4) is 0 Å². The van der Waals surface area contributed by atoms with Gasteiger partial charge in [-0.3, -0.25) is 9.13 Å². The minimum atomic E-state index is -0.318. The van der Waals surface area contributed by atoms with Crippen LogP contribution in [-0.2, 0) is 0 Å². The fraction of sp³-hybridized carbons (Fsp3) is 0. The van der Waals surface area contributed by atoms with E-state index in [4.69, 9.17) is 17.1 Å². The normalized spacial score (nSPS) is 12.9. The lowest BCUT2D eigenvalue weighted by Gasteiger charge is -2.19. The monoisotopic (exact) mass is 821 g/mol. The number of nitrogens with zero attached hydrogens (tertiary/aromatic N) is 5. The number of aromatic nitrogens is 5. The summed E-state index contributed by atoms with van der Waals surface area (Å²) in [5.41, 5.74) is 9.82. The lowest BCUT2D eigenvalue weighted by Crippen LogP contribution is -2.08. The highest BCUT2D eigenvalue weighted by Crippen LogP contribution is 2.45. The van der Waals surface area contributed by atoms with Crippen LogP contribution in [-0.4, -0.2) is 23.7 Å². The fourth-order valence-corrected chi connectivity index (χ4v) is 10.2. The van der Waals surface area contributed by atoms with Gasteiger partial charge in [-0.25, -0.2) is 9.97 Å². The molecule has 0 aliphatic carbocycles. The second kappa shape index (κ2) is 13.4. The Morgan fingerprint density at radius 2 is 0.828 bits per heavy atom. The zero-order valence-electron chi connectivity index (χ0n) is 38.0. The third-order valence-electron chi connectivity index (χ3n) is 12.8. The smallest absolute Gasteiger partial charge is 0.166 e. The first kappa shape index (κ1) is 31.2. The van der Waals surface area contributed by atoms with Crippen molar-refractivity contribution in [3.63, 3.8) is 0 Å². The Balaban J connectivity index is 1.19. The van der Waals surface area contributed by atoms with Gasteiger partial charge in [0.25, 0.3) is 0 Å². The highest BCUT2D eigenvalue weighted by molar-refractivity contribution is 6.14. The zero-order chi connectivity index (χ0) is 45.4. The number of hydrogen-bond donors (Lipinski definition) is 0. The van der Waals surface area contributed by atoms with Crippen LogP contribution >= 0.6 is 0 Å². The van der Waals surface area contributed by atoms with E-state index in [0.717, 1.165) is 87.9 Å². The van der Waals surface area contributed by atoms with E-state index in [9.17, 15) is 2.74 Å². The Hall–Kier alpha value is -8.74. The summed E-state index contributed by atoms with van der Waals surface area (Å²) in [5.74, 6) is 1.43. The first-order valence-corrected chi connectivity index (χ1v) is 21.3. The summed E-state index contributed by atoms with van der Waals surface area (Å²) >= 11 is 0. The van der Waals surface area contributed by atoms with E-state index >= 15 is 0 Å². The molecule has 5 heterocycles. The zero-order valence-corrected chi connectivity index (χ0v) is 34.0. The number of fused-ring (bicyclic) bond motifs is 12. The van der Waals surface area contributed by atoms with Gasteiger partial charge in [-0.2, -0.15) is 0 Å². The van der Waals surface area contributed by atoms with Crippen molar-refractivity contribution in [3.8, 4) is 39.8 Å². The topological polar surface area (TPSA) is 53.7 Å². The maximum atomic E-state index is 9.45. The molecule has 0 saturated carbocycles. The Morgan fingerprint density at radius 1 is 0.375 bits per heavy atom. The van der Waals surface area contributed by atoms with E-state index in [1.807, 2.05) is 77.4 Å². The Kier molecular flexibility index (Phi) is 6.51. The molecule has 0 atom stereocenters. The van der Waals surface area contributed by atoms with Crippen molar-refractivity contribution in [3.05, 3.63) is 212 Å². The van der Waals surface area contributed by atoms with Crippen molar-refractivity contribution in [1.29, 1.82) is 0 Å². The molecule has 6 nitrogen and oxygen atoms in total. The second-order valence-corrected chi connectivity index (χ2v) is 16.2. The first-order valence-electron chi connectivity index (χ1n) is 23.3. The molecule has 5 aromatic heterocycles. The molecule has 0 unspecified atom stereocenters.